The van der Waals surface area contributed by atoms with E-state index >= 15 is 0 Å². The van der Waals surface area contributed by atoms with Crippen LogP contribution >= 0.6 is 23.8 Å². The summed E-state index contributed by atoms with van der Waals surface area (Å²) in [6.45, 7) is 4.04. The lowest BCUT2D eigenvalue weighted by Gasteiger charge is -2.14. The van der Waals surface area contributed by atoms with Crippen LogP contribution in [0.2, 0.25) is 5.02 Å². The van der Waals surface area contributed by atoms with Crippen LogP contribution in [-0.2, 0) is 4.79 Å². The number of amides is 1. The molecule has 2 N–H and O–H groups in total. The lowest BCUT2D eigenvalue weighted by Crippen LogP contribution is -2.37. The Bertz CT molecular complexity index is 734. The van der Waals surface area contributed by atoms with E-state index < -0.39 is 0 Å². The minimum absolute atomic E-state index is 0.110. The smallest absolute Gasteiger partial charge is 0.264 e. The molecule has 2 rings (SSSR count). The highest BCUT2D eigenvalue weighted by atomic mass is 35.5. The van der Waals surface area contributed by atoms with Crippen LogP contribution in [0.25, 0.3) is 0 Å². The van der Waals surface area contributed by atoms with Gasteiger partial charge in [0.05, 0.1) is 0 Å². The highest BCUT2D eigenvalue weighted by Crippen LogP contribution is 2.25. The van der Waals surface area contributed by atoms with E-state index in [-0.39, 0.29) is 17.6 Å². The summed E-state index contributed by atoms with van der Waals surface area (Å²) in [6.07, 6.45) is 0. The Balaban J connectivity index is 1.86. The van der Waals surface area contributed by atoms with Gasteiger partial charge in [-0.15, -0.1) is 0 Å². The lowest BCUT2D eigenvalue weighted by molar-refractivity contribution is -0.121. The van der Waals surface area contributed by atoms with E-state index in [1.54, 1.807) is 24.3 Å². The van der Waals surface area contributed by atoms with Gasteiger partial charge in [0.2, 0.25) is 0 Å². The van der Waals surface area contributed by atoms with E-state index in [2.05, 4.69) is 24.5 Å². The first kappa shape index (κ1) is 18.2. The molecule has 2 aromatic rings. The van der Waals surface area contributed by atoms with E-state index in [1.807, 2.05) is 24.3 Å². The average molecular weight is 363 g/mol. The number of para-hydroxylation sites is 1. The fourth-order valence-electron chi connectivity index (χ4n) is 2.12. The number of carbonyl (C=O) groups is 1. The Hall–Kier alpha value is -2.11. The summed E-state index contributed by atoms with van der Waals surface area (Å²) in [5.74, 6) is 0.694. The molecule has 0 saturated carbocycles. The standard InChI is InChI=1S/C18H19ClN2O2S/c1-12(2)15-8-3-4-9-16(15)23-11-17(22)21-18(24)20-14-7-5-6-13(19)10-14/h3-10,12H,11H2,1-2H3,(H2,20,21,22,24). The quantitative estimate of drug-likeness (QED) is 0.776. The number of halogens is 1. The predicted octanol–water partition coefficient (Wildman–Crippen LogP) is 4.36. The fraction of sp³-hybridized carbons (Fsp3) is 0.222. The number of benzene rings is 2. The molecule has 0 spiro atoms. The zero-order valence-corrected chi connectivity index (χ0v) is 15.1. The van der Waals surface area contributed by atoms with Crippen molar-refractivity contribution in [1.82, 2.24) is 5.32 Å². The van der Waals surface area contributed by atoms with Crippen LogP contribution in [0.3, 0.4) is 0 Å². The van der Waals surface area contributed by atoms with E-state index in [1.165, 1.54) is 0 Å². The normalized spacial score (nSPS) is 10.3. The van der Waals surface area contributed by atoms with E-state index in [9.17, 15) is 4.79 Å². The van der Waals surface area contributed by atoms with Crippen molar-refractivity contribution in [2.75, 3.05) is 11.9 Å². The largest absolute Gasteiger partial charge is 0.483 e. The predicted molar refractivity (Wildman–Crippen MR) is 102 cm³/mol. The molecule has 0 atom stereocenters. The summed E-state index contributed by atoms with van der Waals surface area (Å²) in [7, 11) is 0. The highest BCUT2D eigenvalue weighted by Gasteiger charge is 2.10. The monoisotopic (exact) mass is 362 g/mol. The topological polar surface area (TPSA) is 50.4 Å². The van der Waals surface area contributed by atoms with Crippen LogP contribution in [0.5, 0.6) is 5.75 Å². The van der Waals surface area contributed by atoms with Gasteiger partial charge < -0.3 is 10.1 Å². The Kier molecular flexibility index (Phi) is 6.58. The zero-order chi connectivity index (χ0) is 17.5. The van der Waals surface area contributed by atoms with E-state index in [0.717, 1.165) is 5.56 Å². The van der Waals surface area contributed by atoms with Crippen LogP contribution in [0.15, 0.2) is 48.5 Å². The molecule has 24 heavy (non-hydrogen) atoms. The summed E-state index contributed by atoms with van der Waals surface area (Å²) in [6, 6.07) is 14.7. The van der Waals surface area contributed by atoms with Crippen molar-refractivity contribution in [3.05, 3.63) is 59.1 Å². The third kappa shape index (κ3) is 5.51. The van der Waals surface area contributed by atoms with Crippen molar-refractivity contribution in [2.24, 2.45) is 0 Å². The van der Waals surface area contributed by atoms with Crippen molar-refractivity contribution in [1.29, 1.82) is 0 Å². The Morgan fingerprint density at radius 2 is 1.96 bits per heavy atom. The van der Waals surface area contributed by atoms with E-state index in [0.29, 0.717) is 22.4 Å². The maximum absolute atomic E-state index is 12.0. The van der Waals surface area contributed by atoms with Crippen LogP contribution in [-0.4, -0.2) is 17.6 Å². The van der Waals surface area contributed by atoms with Gasteiger partial charge in [0.1, 0.15) is 5.75 Å². The summed E-state index contributed by atoms with van der Waals surface area (Å²) in [5, 5.41) is 6.26. The van der Waals surface area contributed by atoms with Crippen LogP contribution in [0.1, 0.15) is 25.3 Å². The molecule has 0 saturated heterocycles. The van der Waals surface area contributed by atoms with Gasteiger partial charge in [-0.3, -0.25) is 10.1 Å². The van der Waals surface area contributed by atoms with Gasteiger partial charge in [0.25, 0.3) is 5.91 Å². The van der Waals surface area contributed by atoms with Gasteiger partial charge in [0, 0.05) is 10.7 Å². The van der Waals surface area contributed by atoms with Gasteiger partial charge in [-0.05, 0) is 48.0 Å². The first-order valence-corrected chi connectivity index (χ1v) is 8.32. The molecule has 2 aromatic carbocycles. The second-order valence-corrected chi connectivity index (χ2v) is 6.34. The number of ether oxygens (including phenoxy) is 1. The summed E-state index contributed by atoms with van der Waals surface area (Å²) in [4.78, 5) is 12.0. The number of anilines is 1. The van der Waals surface area contributed by atoms with Gasteiger partial charge in [-0.25, -0.2) is 0 Å². The van der Waals surface area contributed by atoms with Crippen molar-refractivity contribution >= 4 is 40.5 Å². The van der Waals surface area contributed by atoms with Gasteiger partial charge >= 0.3 is 0 Å². The molecule has 0 heterocycles. The molecule has 0 aliphatic rings. The number of nitrogens with one attached hydrogen (secondary N) is 2. The number of carbonyl (C=O) groups excluding carboxylic acids is 1. The molecular weight excluding hydrogens is 344 g/mol. The molecule has 6 heteroatoms. The first-order valence-electron chi connectivity index (χ1n) is 7.54. The van der Waals surface area contributed by atoms with Crippen molar-refractivity contribution < 1.29 is 9.53 Å². The van der Waals surface area contributed by atoms with Crippen LogP contribution in [0.4, 0.5) is 5.69 Å². The molecule has 0 aliphatic carbocycles. The molecule has 4 nitrogen and oxygen atoms in total. The number of hydrogen-bond donors (Lipinski definition) is 2. The molecular formula is C18H19ClN2O2S. The molecule has 1 amide bonds. The molecule has 0 radical (unpaired) electrons. The van der Waals surface area contributed by atoms with Gasteiger partial charge in [-0.1, -0.05) is 49.7 Å². The third-order valence-electron chi connectivity index (χ3n) is 3.24. The second-order valence-electron chi connectivity index (χ2n) is 5.49. The highest BCUT2D eigenvalue weighted by molar-refractivity contribution is 7.80. The summed E-state index contributed by atoms with van der Waals surface area (Å²) >= 11 is 11.0. The summed E-state index contributed by atoms with van der Waals surface area (Å²) < 4.78 is 5.61. The molecule has 0 fully saturated rings. The molecule has 0 aliphatic heterocycles. The number of hydrogen-bond acceptors (Lipinski definition) is 3. The number of thiocarbonyl (C=S) groups is 1. The average Bonchev–Trinajstić information content (AvgIpc) is 2.53. The van der Waals surface area contributed by atoms with Crippen molar-refractivity contribution in [3.8, 4) is 5.75 Å². The maximum atomic E-state index is 12.0. The van der Waals surface area contributed by atoms with Crippen molar-refractivity contribution in [3.63, 3.8) is 0 Å². The Morgan fingerprint density at radius 1 is 1.21 bits per heavy atom. The third-order valence-corrected chi connectivity index (χ3v) is 3.67. The Labute approximate surface area is 152 Å². The second kappa shape index (κ2) is 8.66. The SMILES string of the molecule is CC(C)c1ccccc1OCC(=O)NC(=S)Nc1cccc(Cl)c1. The number of rotatable bonds is 5. The molecule has 0 aromatic heterocycles. The molecule has 126 valence electrons. The Morgan fingerprint density at radius 3 is 2.67 bits per heavy atom. The minimum atomic E-state index is -0.326. The lowest BCUT2D eigenvalue weighted by atomic mass is 10.0. The minimum Gasteiger partial charge on any atom is -0.483 e. The van der Waals surface area contributed by atoms with Gasteiger partial charge in [0.15, 0.2) is 11.7 Å². The molecule has 0 unspecified atom stereocenters. The van der Waals surface area contributed by atoms with Gasteiger partial charge in [-0.2, -0.15) is 0 Å². The van der Waals surface area contributed by atoms with Crippen LogP contribution in [0, 0.1) is 0 Å². The first-order chi connectivity index (χ1) is 11.5. The van der Waals surface area contributed by atoms with Crippen LogP contribution < -0.4 is 15.4 Å². The zero-order valence-electron chi connectivity index (χ0n) is 13.5. The summed E-state index contributed by atoms with van der Waals surface area (Å²) in [5.41, 5.74) is 1.77. The fourth-order valence-corrected chi connectivity index (χ4v) is 2.55. The molecule has 0 bridgehead atoms. The van der Waals surface area contributed by atoms with E-state index in [4.69, 9.17) is 28.6 Å². The maximum Gasteiger partial charge on any atom is 0.264 e. The van der Waals surface area contributed by atoms with Crippen molar-refractivity contribution in [2.45, 2.75) is 19.8 Å².